The van der Waals surface area contributed by atoms with E-state index in [1.165, 1.54) is 12.1 Å². The van der Waals surface area contributed by atoms with E-state index in [-0.39, 0.29) is 11.9 Å². The van der Waals surface area contributed by atoms with Gasteiger partial charge in [-0.05, 0) is 31.2 Å². The first-order chi connectivity index (χ1) is 8.72. The zero-order chi connectivity index (χ0) is 13.0. The predicted octanol–water partition coefficient (Wildman–Crippen LogP) is 2.94. The highest BCUT2D eigenvalue weighted by Crippen LogP contribution is 2.22. The third-order valence-electron chi connectivity index (χ3n) is 2.78. The summed E-state index contributed by atoms with van der Waals surface area (Å²) < 4.78 is 13.1. The van der Waals surface area contributed by atoms with E-state index in [1.54, 1.807) is 17.4 Å². The molecule has 0 saturated heterocycles. The summed E-state index contributed by atoms with van der Waals surface area (Å²) in [5, 5.41) is 13.5. The molecule has 0 aliphatic carbocycles. The lowest BCUT2D eigenvalue weighted by Crippen LogP contribution is -2.14. The van der Waals surface area contributed by atoms with Crippen molar-refractivity contribution in [3.8, 4) is 0 Å². The quantitative estimate of drug-likeness (QED) is 0.903. The molecule has 0 radical (unpaired) electrons. The number of nitrogens with one attached hydrogen (secondary N) is 1. The van der Waals surface area contributed by atoms with E-state index in [1.807, 2.05) is 13.1 Å². The molecule has 0 spiro atoms. The summed E-state index contributed by atoms with van der Waals surface area (Å²) in [6.45, 7) is 2.11. The Morgan fingerprint density at radius 3 is 2.89 bits per heavy atom. The molecule has 0 bridgehead atoms. The van der Waals surface area contributed by atoms with Gasteiger partial charge in [-0.15, -0.1) is 10.2 Å². The van der Waals surface area contributed by atoms with Crippen LogP contribution in [0.1, 0.15) is 35.0 Å². The van der Waals surface area contributed by atoms with Crippen LogP contribution >= 0.6 is 11.3 Å². The molecule has 0 aliphatic heterocycles. The molecule has 1 heterocycles. The van der Waals surface area contributed by atoms with Crippen LogP contribution in [0.4, 0.5) is 4.39 Å². The molecule has 0 fully saturated rings. The topological polar surface area (TPSA) is 37.8 Å². The van der Waals surface area contributed by atoms with Crippen LogP contribution in [0.25, 0.3) is 0 Å². The van der Waals surface area contributed by atoms with E-state index in [4.69, 9.17) is 0 Å². The monoisotopic (exact) mass is 265 g/mol. The van der Waals surface area contributed by atoms with Gasteiger partial charge in [0.15, 0.2) is 0 Å². The van der Waals surface area contributed by atoms with Gasteiger partial charge in [-0.3, -0.25) is 0 Å². The van der Waals surface area contributed by atoms with Crippen LogP contribution in [0.15, 0.2) is 24.3 Å². The molecule has 1 aromatic heterocycles. The normalized spacial score (nSPS) is 12.6. The van der Waals surface area contributed by atoms with Gasteiger partial charge < -0.3 is 5.32 Å². The first-order valence-corrected chi connectivity index (χ1v) is 6.78. The van der Waals surface area contributed by atoms with Crippen molar-refractivity contribution in [1.29, 1.82) is 0 Å². The van der Waals surface area contributed by atoms with Gasteiger partial charge >= 0.3 is 0 Å². The molecule has 1 N–H and O–H groups in total. The highest BCUT2D eigenvalue weighted by Gasteiger charge is 2.13. The van der Waals surface area contributed by atoms with Crippen LogP contribution in [0, 0.1) is 5.82 Å². The lowest BCUT2D eigenvalue weighted by molar-refractivity contribution is 0.568. The second-order valence-electron chi connectivity index (χ2n) is 4.09. The maximum atomic E-state index is 13.1. The van der Waals surface area contributed by atoms with Crippen molar-refractivity contribution >= 4 is 11.3 Å². The Labute approximate surface area is 110 Å². The van der Waals surface area contributed by atoms with Crippen LogP contribution in [0.2, 0.25) is 0 Å². The molecule has 5 heteroatoms. The standard InChI is InChI=1S/C13H16FN3S/c1-3-11(15-2)13-17-16-12(18-13)8-9-5-4-6-10(14)7-9/h4-7,11,15H,3,8H2,1-2H3. The number of aromatic nitrogens is 2. The van der Waals surface area contributed by atoms with Crippen molar-refractivity contribution in [1.82, 2.24) is 15.5 Å². The molecular weight excluding hydrogens is 249 g/mol. The average molecular weight is 265 g/mol. The number of rotatable bonds is 5. The van der Waals surface area contributed by atoms with Crippen molar-refractivity contribution in [2.24, 2.45) is 0 Å². The van der Waals surface area contributed by atoms with Crippen LogP contribution in [0.3, 0.4) is 0 Å². The van der Waals surface area contributed by atoms with E-state index >= 15 is 0 Å². The Morgan fingerprint density at radius 1 is 1.39 bits per heavy atom. The summed E-state index contributed by atoms with van der Waals surface area (Å²) in [5.74, 6) is -0.209. The smallest absolute Gasteiger partial charge is 0.134 e. The molecule has 2 aromatic rings. The molecule has 0 saturated carbocycles. The summed E-state index contributed by atoms with van der Waals surface area (Å²) in [7, 11) is 1.92. The Balaban J connectivity index is 2.11. The Hall–Kier alpha value is -1.33. The van der Waals surface area contributed by atoms with Crippen LogP contribution in [0.5, 0.6) is 0 Å². The largest absolute Gasteiger partial charge is 0.311 e. The number of benzene rings is 1. The second-order valence-corrected chi connectivity index (χ2v) is 5.18. The molecule has 1 atom stereocenters. The fraction of sp³-hybridized carbons (Fsp3) is 0.385. The molecular formula is C13H16FN3S. The third kappa shape index (κ3) is 3.11. The maximum absolute atomic E-state index is 13.1. The molecule has 1 aromatic carbocycles. The van der Waals surface area contributed by atoms with Gasteiger partial charge in [0.25, 0.3) is 0 Å². The Bertz CT molecular complexity index is 508. The molecule has 18 heavy (non-hydrogen) atoms. The minimum absolute atomic E-state index is 0.209. The van der Waals surface area contributed by atoms with Crippen molar-refractivity contribution in [3.05, 3.63) is 45.7 Å². The van der Waals surface area contributed by atoms with E-state index in [9.17, 15) is 4.39 Å². The van der Waals surface area contributed by atoms with Crippen LogP contribution < -0.4 is 5.32 Å². The zero-order valence-electron chi connectivity index (χ0n) is 10.5. The van der Waals surface area contributed by atoms with Crippen molar-refractivity contribution in [2.45, 2.75) is 25.8 Å². The Kier molecular flexibility index (Phi) is 4.38. The van der Waals surface area contributed by atoms with Crippen molar-refractivity contribution < 1.29 is 4.39 Å². The second kappa shape index (κ2) is 6.02. The number of nitrogens with zero attached hydrogens (tertiary/aromatic N) is 2. The van der Waals surface area contributed by atoms with Gasteiger partial charge in [0.1, 0.15) is 15.8 Å². The first kappa shape index (κ1) is 13.1. The number of hydrogen-bond acceptors (Lipinski definition) is 4. The van der Waals surface area contributed by atoms with Gasteiger partial charge in [-0.25, -0.2) is 4.39 Å². The van der Waals surface area contributed by atoms with E-state index in [0.29, 0.717) is 6.42 Å². The maximum Gasteiger partial charge on any atom is 0.134 e. The highest BCUT2D eigenvalue weighted by molar-refractivity contribution is 7.11. The summed E-state index contributed by atoms with van der Waals surface area (Å²) >= 11 is 1.58. The molecule has 0 amide bonds. The van der Waals surface area contributed by atoms with E-state index in [2.05, 4.69) is 22.4 Å². The van der Waals surface area contributed by atoms with Gasteiger partial charge in [-0.1, -0.05) is 30.4 Å². The first-order valence-electron chi connectivity index (χ1n) is 5.97. The fourth-order valence-electron chi connectivity index (χ4n) is 1.80. The van der Waals surface area contributed by atoms with E-state index < -0.39 is 0 Å². The molecule has 2 rings (SSSR count). The lowest BCUT2D eigenvalue weighted by Gasteiger charge is -2.07. The molecule has 0 aliphatic rings. The van der Waals surface area contributed by atoms with Crippen molar-refractivity contribution in [2.75, 3.05) is 7.05 Å². The Morgan fingerprint density at radius 2 is 2.22 bits per heavy atom. The summed E-state index contributed by atoms with van der Waals surface area (Å²) in [6.07, 6.45) is 1.61. The van der Waals surface area contributed by atoms with Gasteiger partial charge in [0.2, 0.25) is 0 Å². The summed E-state index contributed by atoms with van der Waals surface area (Å²) in [5.41, 5.74) is 0.926. The van der Waals surface area contributed by atoms with Gasteiger partial charge in [-0.2, -0.15) is 0 Å². The zero-order valence-corrected chi connectivity index (χ0v) is 11.3. The highest BCUT2D eigenvalue weighted by atomic mass is 32.1. The van der Waals surface area contributed by atoms with E-state index in [0.717, 1.165) is 22.0 Å². The SMILES string of the molecule is CCC(NC)c1nnc(Cc2cccc(F)c2)s1. The van der Waals surface area contributed by atoms with Crippen molar-refractivity contribution in [3.63, 3.8) is 0 Å². The summed E-state index contributed by atoms with van der Waals surface area (Å²) in [4.78, 5) is 0. The lowest BCUT2D eigenvalue weighted by atomic mass is 10.1. The minimum atomic E-state index is -0.209. The molecule has 1 unspecified atom stereocenters. The molecule has 3 nitrogen and oxygen atoms in total. The number of hydrogen-bond donors (Lipinski definition) is 1. The molecule has 96 valence electrons. The third-order valence-corrected chi connectivity index (χ3v) is 3.82. The fourth-order valence-corrected chi connectivity index (χ4v) is 2.87. The average Bonchev–Trinajstić information content (AvgIpc) is 2.79. The predicted molar refractivity (Wildman–Crippen MR) is 71.2 cm³/mol. The van der Waals surface area contributed by atoms with Crippen LogP contribution in [-0.2, 0) is 6.42 Å². The number of halogens is 1. The van der Waals surface area contributed by atoms with Gasteiger partial charge in [0.05, 0.1) is 6.04 Å². The van der Waals surface area contributed by atoms with Gasteiger partial charge in [0, 0.05) is 6.42 Å². The van der Waals surface area contributed by atoms with Crippen LogP contribution in [-0.4, -0.2) is 17.2 Å². The minimum Gasteiger partial charge on any atom is -0.311 e. The summed E-state index contributed by atoms with van der Waals surface area (Å²) in [6, 6.07) is 6.86.